The third-order valence-corrected chi connectivity index (χ3v) is 4.69. The first kappa shape index (κ1) is 18.9. The highest BCUT2D eigenvalue weighted by atomic mass is 16.5. The number of benzene rings is 2. The quantitative estimate of drug-likeness (QED) is 0.474. The van der Waals surface area contributed by atoms with Crippen molar-refractivity contribution in [3.63, 3.8) is 0 Å². The fourth-order valence-corrected chi connectivity index (χ4v) is 3.26. The number of fused-ring (bicyclic) bond motifs is 1. The number of methoxy groups -OCH3 is 2. The van der Waals surface area contributed by atoms with Gasteiger partial charge in [0.2, 0.25) is 5.91 Å². The first-order valence-electron chi connectivity index (χ1n) is 8.70. The minimum absolute atomic E-state index is 0.0670. The van der Waals surface area contributed by atoms with Gasteiger partial charge in [-0.1, -0.05) is 18.2 Å². The van der Waals surface area contributed by atoms with E-state index < -0.39 is 11.8 Å². The summed E-state index contributed by atoms with van der Waals surface area (Å²) in [5.41, 5.74) is 2.41. The number of carbonyl (C=O) groups is 2. The van der Waals surface area contributed by atoms with Gasteiger partial charge >= 0.3 is 0 Å². The molecule has 0 aromatic heterocycles. The number of carbonyl (C=O) groups excluding carboxylic acids is 2. The smallest absolute Gasteiger partial charge is 0.274 e. The molecule has 1 atom stereocenters. The Morgan fingerprint density at radius 2 is 1.81 bits per heavy atom. The van der Waals surface area contributed by atoms with E-state index in [-0.39, 0.29) is 12.5 Å². The molecule has 7 nitrogen and oxygen atoms in total. The highest BCUT2D eigenvalue weighted by Gasteiger charge is 2.28. The lowest BCUT2D eigenvalue weighted by atomic mass is 9.91. The molecule has 0 saturated carbocycles. The van der Waals surface area contributed by atoms with Gasteiger partial charge in [0.1, 0.15) is 0 Å². The third kappa shape index (κ3) is 3.94. The van der Waals surface area contributed by atoms with Crippen LogP contribution in [0.1, 0.15) is 33.9 Å². The van der Waals surface area contributed by atoms with E-state index in [0.717, 1.165) is 24.1 Å². The maximum atomic E-state index is 12.6. The van der Waals surface area contributed by atoms with Gasteiger partial charge in [-0.25, -0.2) is 10.9 Å². The maximum absolute atomic E-state index is 12.6. The Morgan fingerprint density at radius 3 is 2.48 bits per heavy atom. The van der Waals surface area contributed by atoms with Crippen LogP contribution in [0.5, 0.6) is 11.5 Å². The summed E-state index contributed by atoms with van der Waals surface area (Å²) in [7, 11) is 3.16. The third-order valence-electron chi connectivity index (χ3n) is 4.69. The molecule has 0 radical (unpaired) electrons. The van der Waals surface area contributed by atoms with Gasteiger partial charge in [0.05, 0.1) is 14.2 Å². The first-order valence-corrected chi connectivity index (χ1v) is 8.70. The van der Waals surface area contributed by atoms with Gasteiger partial charge in [-0.2, -0.15) is 0 Å². The van der Waals surface area contributed by atoms with Crippen molar-refractivity contribution in [2.45, 2.75) is 18.9 Å². The van der Waals surface area contributed by atoms with Crippen LogP contribution in [-0.2, 0) is 11.2 Å². The second-order valence-corrected chi connectivity index (χ2v) is 6.30. The van der Waals surface area contributed by atoms with Gasteiger partial charge in [0, 0.05) is 18.0 Å². The number of hydrazine groups is 1. The van der Waals surface area contributed by atoms with Crippen molar-refractivity contribution < 1.29 is 19.1 Å². The van der Waals surface area contributed by atoms with Crippen LogP contribution in [0.2, 0.25) is 0 Å². The topological polar surface area (TPSA) is 93.9 Å². The van der Waals surface area contributed by atoms with E-state index in [2.05, 4.69) is 5.32 Å². The molecule has 3 N–H and O–H groups in total. The minimum Gasteiger partial charge on any atom is -0.493 e. The minimum atomic E-state index is -0.524. The summed E-state index contributed by atoms with van der Waals surface area (Å²) in [6.45, 7) is 0.720. The standard InChI is InChI=1S/C20H23N3O4/c1-26-17-10-14-8-9-22-16(15(14)11-18(17)27-2)12-19(24)23(21)20(25)13-6-4-3-5-7-13/h3-7,10-11,16,22H,8-9,12,21H2,1-2H3/t16-/m0/s1. The molecule has 3 rings (SSSR count). The first-order chi connectivity index (χ1) is 13.0. The Balaban J connectivity index is 1.79. The van der Waals surface area contributed by atoms with Crippen molar-refractivity contribution in [2.75, 3.05) is 20.8 Å². The summed E-state index contributed by atoms with van der Waals surface area (Å²) in [5, 5.41) is 4.00. The molecule has 1 heterocycles. The number of hydrogen-bond donors (Lipinski definition) is 2. The van der Waals surface area contributed by atoms with E-state index in [0.29, 0.717) is 22.1 Å². The van der Waals surface area contributed by atoms with E-state index in [9.17, 15) is 9.59 Å². The summed E-state index contributed by atoms with van der Waals surface area (Å²) in [6.07, 6.45) is 0.882. The van der Waals surface area contributed by atoms with Crippen LogP contribution in [0.3, 0.4) is 0 Å². The van der Waals surface area contributed by atoms with Crippen molar-refractivity contribution in [1.82, 2.24) is 10.3 Å². The average molecular weight is 369 g/mol. The molecule has 27 heavy (non-hydrogen) atoms. The number of ether oxygens (including phenoxy) is 2. The second-order valence-electron chi connectivity index (χ2n) is 6.30. The summed E-state index contributed by atoms with van der Waals surface area (Å²) in [4.78, 5) is 25.0. The van der Waals surface area contributed by atoms with Crippen molar-refractivity contribution in [1.29, 1.82) is 0 Å². The van der Waals surface area contributed by atoms with Crippen LogP contribution in [-0.4, -0.2) is 37.6 Å². The fourth-order valence-electron chi connectivity index (χ4n) is 3.26. The zero-order chi connectivity index (χ0) is 19.4. The summed E-state index contributed by atoms with van der Waals surface area (Å²) >= 11 is 0. The molecule has 1 aliphatic rings. The van der Waals surface area contributed by atoms with Crippen LogP contribution in [0.15, 0.2) is 42.5 Å². The van der Waals surface area contributed by atoms with Gasteiger partial charge in [-0.15, -0.1) is 0 Å². The zero-order valence-corrected chi connectivity index (χ0v) is 15.4. The molecule has 2 aromatic rings. The Kier molecular flexibility index (Phi) is 5.73. The molecule has 0 saturated heterocycles. The Labute approximate surface area is 158 Å². The summed E-state index contributed by atoms with van der Waals surface area (Å²) < 4.78 is 10.7. The Bertz CT molecular complexity index is 839. The van der Waals surface area contributed by atoms with Crippen LogP contribution in [0.25, 0.3) is 0 Å². The second kappa shape index (κ2) is 8.20. The lowest BCUT2D eigenvalue weighted by molar-refractivity contribution is -0.129. The number of nitrogens with zero attached hydrogens (tertiary/aromatic N) is 1. The predicted octanol–water partition coefficient (Wildman–Crippen LogP) is 1.82. The molecular formula is C20H23N3O4. The molecule has 0 spiro atoms. The molecule has 2 amide bonds. The molecule has 0 fully saturated rings. The number of nitrogens with one attached hydrogen (secondary N) is 1. The van der Waals surface area contributed by atoms with E-state index in [4.69, 9.17) is 15.3 Å². The van der Waals surface area contributed by atoms with Gasteiger partial charge in [-0.05, 0) is 48.4 Å². The summed E-state index contributed by atoms with van der Waals surface area (Å²) in [6, 6.07) is 12.1. The normalized spacial score (nSPS) is 15.6. The largest absolute Gasteiger partial charge is 0.493 e. The van der Waals surface area contributed by atoms with Crippen LogP contribution in [0, 0.1) is 0 Å². The van der Waals surface area contributed by atoms with Crippen molar-refractivity contribution >= 4 is 11.8 Å². The molecule has 0 bridgehead atoms. The Morgan fingerprint density at radius 1 is 1.15 bits per heavy atom. The molecule has 1 aliphatic heterocycles. The number of rotatable bonds is 5. The average Bonchev–Trinajstić information content (AvgIpc) is 2.72. The van der Waals surface area contributed by atoms with Gasteiger partial charge in [0.15, 0.2) is 11.5 Å². The lowest BCUT2D eigenvalue weighted by Gasteiger charge is -2.28. The van der Waals surface area contributed by atoms with Gasteiger partial charge in [0.25, 0.3) is 5.91 Å². The molecule has 2 aromatic carbocycles. The number of hydrogen-bond acceptors (Lipinski definition) is 6. The van der Waals surface area contributed by atoms with E-state index in [1.165, 1.54) is 0 Å². The molecule has 142 valence electrons. The molecule has 0 aliphatic carbocycles. The zero-order valence-electron chi connectivity index (χ0n) is 15.4. The van der Waals surface area contributed by atoms with E-state index >= 15 is 0 Å². The maximum Gasteiger partial charge on any atom is 0.274 e. The SMILES string of the molecule is COc1cc2c(cc1OC)[C@H](CC(=O)N(N)C(=O)c1ccccc1)NCC2. The predicted molar refractivity (Wildman–Crippen MR) is 100 cm³/mol. The van der Waals surface area contributed by atoms with E-state index in [1.807, 2.05) is 12.1 Å². The van der Waals surface area contributed by atoms with Gasteiger partial charge in [-0.3, -0.25) is 9.59 Å². The number of imide groups is 1. The molecular weight excluding hydrogens is 346 g/mol. The van der Waals surface area contributed by atoms with Crippen LogP contribution >= 0.6 is 0 Å². The highest BCUT2D eigenvalue weighted by molar-refractivity contribution is 6.04. The monoisotopic (exact) mass is 369 g/mol. The van der Waals surface area contributed by atoms with Crippen LogP contribution < -0.4 is 20.6 Å². The van der Waals surface area contributed by atoms with E-state index in [1.54, 1.807) is 44.6 Å². The molecule has 7 heteroatoms. The Hall–Kier alpha value is -2.90. The molecule has 0 unspecified atom stereocenters. The number of amides is 2. The highest BCUT2D eigenvalue weighted by Crippen LogP contribution is 2.36. The van der Waals surface area contributed by atoms with Crippen molar-refractivity contribution in [3.05, 3.63) is 59.2 Å². The fraction of sp³-hybridized carbons (Fsp3) is 0.300. The van der Waals surface area contributed by atoms with Gasteiger partial charge < -0.3 is 14.8 Å². The van der Waals surface area contributed by atoms with Crippen LogP contribution in [0.4, 0.5) is 0 Å². The summed E-state index contributed by atoms with van der Waals surface area (Å²) in [5.74, 6) is 6.07. The van der Waals surface area contributed by atoms with Crippen molar-refractivity contribution in [3.8, 4) is 11.5 Å². The number of nitrogens with two attached hydrogens (primary N) is 1. The van der Waals surface area contributed by atoms with Crippen molar-refractivity contribution in [2.24, 2.45) is 5.84 Å². The lowest BCUT2D eigenvalue weighted by Crippen LogP contribution is -2.44.